The van der Waals surface area contributed by atoms with E-state index in [1.165, 1.54) is 13.3 Å². The molecule has 1 aromatic heterocycles. The maximum absolute atomic E-state index is 12.0. The molecular weight excluding hydrogens is 254 g/mol. The number of aromatic nitrogens is 1. The zero-order valence-electron chi connectivity index (χ0n) is 11.5. The summed E-state index contributed by atoms with van der Waals surface area (Å²) in [6.45, 7) is 3.49. The lowest BCUT2D eigenvalue weighted by Gasteiger charge is -2.04. The van der Waals surface area contributed by atoms with Gasteiger partial charge in [0.15, 0.2) is 0 Å². The van der Waals surface area contributed by atoms with Gasteiger partial charge < -0.3 is 9.72 Å². The molecular formula is C16H16NO3. The highest BCUT2D eigenvalue weighted by atomic mass is 16.5. The summed E-state index contributed by atoms with van der Waals surface area (Å²) in [4.78, 5) is 25.9. The lowest BCUT2D eigenvalue weighted by atomic mass is 10.2. The molecule has 1 aromatic carbocycles. The molecule has 2 aromatic rings. The summed E-state index contributed by atoms with van der Waals surface area (Å²) in [6, 6.07) is 11.2. The summed E-state index contributed by atoms with van der Waals surface area (Å²) in [5.41, 5.74) is 2.69. The van der Waals surface area contributed by atoms with Gasteiger partial charge in [-0.1, -0.05) is 30.3 Å². The minimum Gasteiger partial charge on any atom is -0.456 e. The van der Waals surface area contributed by atoms with Crippen molar-refractivity contribution in [2.75, 3.05) is 0 Å². The smallest absolute Gasteiger partial charge is 0.355 e. The first kappa shape index (κ1) is 14.1. The van der Waals surface area contributed by atoms with E-state index in [2.05, 4.69) is 4.98 Å². The van der Waals surface area contributed by atoms with Crippen molar-refractivity contribution in [2.24, 2.45) is 0 Å². The second-order valence-electron chi connectivity index (χ2n) is 4.60. The Kier molecular flexibility index (Phi) is 4.35. The number of hydrogen-bond donors (Lipinski definition) is 1. The summed E-state index contributed by atoms with van der Waals surface area (Å²) in [5, 5.41) is 0. The van der Waals surface area contributed by atoms with Crippen molar-refractivity contribution in [3.05, 3.63) is 65.3 Å². The number of ketones is 1. The molecule has 0 fully saturated rings. The van der Waals surface area contributed by atoms with Gasteiger partial charge in [-0.3, -0.25) is 4.79 Å². The van der Waals surface area contributed by atoms with Crippen LogP contribution in [0.3, 0.4) is 0 Å². The van der Waals surface area contributed by atoms with E-state index in [1.54, 1.807) is 13.0 Å². The second-order valence-corrected chi connectivity index (χ2v) is 4.60. The Morgan fingerprint density at radius 3 is 2.60 bits per heavy atom. The average Bonchev–Trinajstić information content (AvgIpc) is 2.77. The lowest BCUT2D eigenvalue weighted by Crippen LogP contribution is -2.07. The molecule has 4 heteroatoms. The molecule has 0 aliphatic rings. The molecule has 103 valence electrons. The van der Waals surface area contributed by atoms with Crippen LogP contribution in [-0.4, -0.2) is 16.7 Å². The third-order valence-electron chi connectivity index (χ3n) is 2.81. The van der Waals surface area contributed by atoms with Gasteiger partial charge in [-0.2, -0.15) is 0 Å². The Morgan fingerprint density at radius 1 is 1.25 bits per heavy atom. The predicted molar refractivity (Wildman–Crippen MR) is 75.2 cm³/mol. The molecule has 0 amide bonds. The standard InChI is InChI=1S/C16H16NO3/c1-11-8-14(9-12(2)18)17-15(11)16(19)20-10-13-6-4-3-5-7-13/h3-9,17H,10H2,1-2H3. The van der Waals surface area contributed by atoms with E-state index in [9.17, 15) is 9.59 Å². The maximum atomic E-state index is 12.0. The van der Waals surface area contributed by atoms with Crippen LogP contribution in [0.15, 0.2) is 36.4 Å². The van der Waals surface area contributed by atoms with Crippen molar-refractivity contribution in [3.63, 3.8) is 0 Å². The molecule has 0 aliphatic heterocycles. The van der Waals surface area contributed by atoms with E-state index >= 15 is 0 Å². The Bertz CT molecular complexity index is 614. The number of carbonyl (C=O) groups is 2. The first-order chi connectivity index (χ1) is 9.56. The van der Waals surface area contributed by atoms with E-state index in [-0.39, 0.29) is 12.4 Å². The average molecular weight is 270 g/mol. The van der Waals surface area contributed by atoms with Crippen LogP contribution in [0.4, 0.5) is 0 Å². The highest BCUT2D eigenvalue weighted by Gasteiger charge is 2.15. The van der Waals surface area contributed by atoms with Crippen LogP contribution < -0.4 is 0 Å². The number of aryl methyl sites for hydroxylation is 1. The van der Waals surface area contributed by atoms with Gasteiger partial charge in [0.2, 0.25) is 0 Å². The zero-order chi connectivity index (χ0) is 14.5. The van der Waals surface area contributed by atoms with E-state index in [1.807, 2.05) is 30.3 Å². The van der Waals surface area contributed by atoms with Crippen LogP contribution in [0, 0.1) is 13.3 Å². The van der Waals surface area contributed by atoms with Crippen LogP contribution in [0.2, 0.25) is 0 Å². The number of aromatic amines is 1. The fraction of sp³-hybridized carbons (Fsp3) is 0.188. The van der Waals surface area contributed by atoms with Gasteiger partial charge in [-0.25, -0.2) is 4.79 Å². The van der Waals surface area contributed by atoms with Gasteiger partial charge >= 0.3 is 5.97 Å². The zero-order valence-corrected chi connectivity index (χ0v) is 11.5. The molecule has 1 radical (unpaired) electrons. The van der Waals surface area contributed by atoms with Gasteiger partial charge in [0.05, 0.1) is 6.42 Å². The van der Waals surface area contributed by atoms with Gasteiger partial charge in [0.25, 0.3) is 0 Å². The van der Waals surface area contributed by atoms with Crippen LogP contribution in [-0.2, 0) is 16.1 Å². The number of carbonyl (C=O) groups excluding carboxylic acids is 2. The molecule has 0 saturated carbocycles. The molecule has 0 aliphatic carbocycles. The van der Waals surface area contributed by atoms with Crippen molar-refractivity contribution in [1.29, 1.82) is 0 Å². The number of Topliss-reactive ketones (excluding diaryl/α,β-unsaturated/α-hetero) is 1. The molecule has 0 unspecified atom stereocenters. The lowest BCUT2D eigenvalue weighted by molar-refractivity contribution is -0.113. The van der Waals surface area contributed by atoms with E-state index in [4.69, 9.17) is 4.74 Å². The molecule has 1 N–H and O–H groups in total. The highest BCUT2D eigenvalue weighted by Crippen LogP contribution is 2.14. The number of benzene rings is 1. The summed E-state index contributed by atoms with van der Waals surface area (Å²) >= 11 is 0. The number of ether oxygens (including phenoxy) is 1. The minimum atomic E-state index is -0.422. The normalized spacial score (nSPS) is 10.3. The van der Waals surface area contributed by atoms with Gasteiger partial charge in [-0.05, 0) is 31.0 Å². The highest BCUT2D eigenvalue weighted by molar-refractivity contribution is 5.91. The molecule has 20 heavy (non-hydrogen) atoms. The first-order valence-corrected chi connectivity index (χ1v) is 6.32. The second kappa shape index (κ2) is 6.19. The third kappa shape index (κ3) is 3.57. The van der Waals surface area contributed by atoms with E-state index < -0.39 is 5.97 Å². The molecule has 0 atom stereocenters. The largest absolute Gasteiger partial charge is 0.456 e. The van der Waals surface area contributed by atoms with Crippen LogP contribution in [0.1, 0.15) is 34.2 Å². The summed E-state index contributed by atoms with van der Waals surface area (Å²) in [6.07, 6.45) is 1.45. The van der Waals surface area contributed by atoms with Crippen LogP contribution in [0.5, 0.6) is 0 Å². The van der Waals surface area contributed by atoms with Crippen molar-refractivity contribution < 1.29 is 14.3 Å². The topological polar surface area (TPSA) is 59.2 Å². The number of esters is 1. The van der Waals surface area contributed by atoms with E-state index in [0.717, 1.165) is 11.1 Å². The fourth-order valence-electron chi connectivity index (χ4n) is 1.89. The number of hydrogen-bond acceptors (Lipinski definition) is 3. The number of nitrogens with one attached hydrogen (secondary N) is 1. The van der Waals surface area contributed by atoms with Gasteiger partial charge in [0, 0.05) is 5.69 Å². The monoisotopic (exact) mass is 270 g/mol. The van der Waals surface area contributed by atoms with E-state index in [0.29, 0.717) is 11.4 Å². The molecule has 2 rings (SSSR count). The quantitative estimate of drug-likeness (QED) is 0.850. The molecule has 0 bridgehead atoms. The van der Waals surface area contributed by atoms with Crippen molar-refractivity contribution in [1.82, 2.24) is 4.98 Å². The van der Waals surface area contributed by atoms with Crippen LogP contribution >= 0.6 is 0 Å². The van der Waals surface area contributed by atoms with Crippen LogP contribution in [0.25, 0.3) is 0 Å². The Balaban J connectivity index is 2.02. The number of H-pyrrole nitrogens is 1. The van der Waals surface area contributed by atoms with Crippen molar-refractivity contribution >= 4 is 11.8 Å². The van der Waals surface area contributed by atoms with Crippen molar-refractivity contribution in [3.8, 4) is 0 Å². The summed E-state index contributed by atoms with van der Waals surface area (Å²) < 4.78 is 5.24. The summed E-state index contributed by atoms with van der Waals surface area (Å²) in [5.74, 6) is -0.495. The molecule has 0 saturated heterocycles. The first-order valence-electron chi connectivity index (χ1n) is 6.32. The molecule has 1 heterocycles. The Labute approximate surface area is 117 Å². The molecule has 0 spiro atoms. The predicted octanol–water partition coefficient (Wildman–Crippen LogP) is 2.82. The Morgan fingerprint density at radius 2 is 1.95 bits per heavy atom. The van der Waals surface area contributed by atoms with Crippen molar-refractivity contribution in [2.45, 2.75) is 20.5 Å². The van der Waals surface area contributed by atoms with Gasteiger partial charge in [-0.15, -0.1) is 0 Å². The number of rotatable bonds is 5. The minimum absolute atomic E-state index is 0.0737. The third-order valence-corrected chi connectivity index (χ3v) is 2.81. The SMILES string of the molecule is CC(=O)[CH]c1cc(C)c(C(=O)OCc2ccccc2)[nH]1. The Hall–Kier alpha value is -2.36. The van der Waals surface area contributed by atoms with Gasteiger partial charge in [0.1, 0.15) is 18.1 Å². The summed E-state index contributed by atoms with van der Waals surface area (Å²) in [7, 11) is 0. The fourth-order valence-corrected chi connectivity index (χ4v) is 1.89. The molecule has 4 nitrogen and oxygen atoms in total. The maximum Gasteiger partial charge on any atom is 0.355 e.